The molecule has 2 nitrogen and oxygen atoms in total. The van der Waals surface area contributed by atoms with Crippen molar-refractivity contribution in [3.8, 4) is 22.3 Å². The van der Waals surface area contributed by atoms with Gasteiger partial charge in [0.1, 0.15) is 0 Å². The first-order chi connectivity index (χ1) is 27.0. The minimum absolute atomic E-state index is 0.0529. The molecule has 0 aliphatic heterocycles. The molecule has 0 bridgehead atoms. The van der Waals surface area contributed by atoms with Crippen molar-refractivity contribution in [3.63, 3.8) is 0 Å². The smallest absolute Gasteiger partial charge is 0.0673 e. The van der Waals surface area contributed by atoms with Crippen LogP contribution in [-0.4, -0.2) is 6.72 Å². The van der Waals surface area contributed by atoms with E-state index in [9.17, 15) is 0 Å². The lowest BCUT2D eigenvalue weighted by Crippen LogP contribution is -2.22. The number of nitrogens with two attached hydrogens (primary N) is 1. The molecule has 0 radical (unpaired) electrons. The highest BCUT2D eigenvalue weighted by atomic mass is 14.7. The lowest BCUT2D eigenvalue weighted by atomic mass is 9.73. The topological polar surface area (TPSA) is 38.4 Å². The zero-order valence-electron chi connectivity index (χ0n) is 34.2. The van der Waals surface area contributed by atoms with Crippen LogP contribution in [0.3, 0.4) is 0 Å². The molecule has 2 N–H and O–H groups in total. The number of rotatable bonds is 6. The number of aryl methyl sites for hydroxylation is 1. The van der Waals surface area contributed by atoms with Crippen LogP contribution in [-0.2, 0) is 11.8 Å². The standard InChI is InChI=1S/C47H48N2.C7H8/c1-31-25-32(2)34(4)47(5,6)44-22-12-11-17-40(44)29-42-28-39(23-24-43(42)33(31)3)37-19-13-18-36(26-37)38-20-14-21-41(27-38)46(49-7)30-45(48)35-15-9-8-10-16-35;1-7-5-3-2-4-6-7/h8-24,26-28,30,45H,7,25,29,48H2,1-6H3;2-6H,1H3/b33-31-,34-32-,46-30-;. The lowest BCUT2D eigenvalue weighted by Gasteiger charge is -2.31. The molecule has 0 spiro atoms. The molecule has 1 aliphatic rings. The maximum atomic E-state index is 6.53. The van der Waals surface area contributed by atoms with E-state index in [1.54, 1.807) is 0 Å². The van der Waals surface area contributed by atoms with Gasteiger partial charge in [-0.3, -0.25) is 4.99 Å². The first-order valence-electron chi connectivity index (χ1n) is 19.7. The van der Waals surface area contributed by atoms with Crippen molar-refractivity contribution in [1.82, 2.24) is 0 Å². The molecule has 0 amide bonds. The summed E-state index contributed by atoms with van der Waals surface area (Å²) >= 11 is 0. The van der Waals surface area contributed by atoms with Gasteiger partial charge in [0.15, 0.2) is 0 Å². The molecule has 2 heteroatoms. The summed E-state index contributed by atoms with van der Waals surface area (Å²) in [6.45, 7) is 19.9. The van der Waals surface area contributed by atoms with E-state index in [1.807, 2.05) is 54.6 Å². The van der Waals surface area contributed by atoms with Gasteiger partial charge in [-0.1, -0.05) is 176 Å². The molecule has 0 saturated carbocycles. The van der Waals surface area contributed by atoms with E-state index in [1.165, 1.54) is 61.2 Å². The quantitative estimate of drug-likeness (QED) is 0.134. The van der Waals surface area contributed by atoms with E-state index in [-0.39, 0.29) is 11.5 Å². The van der Waals surface area contributed by atoms with Crippen LogP contribution in [0, 0.1) is 6.92 Å². The zero-order chi connectivity index (χ0) is 39.8. The Morgan fingerprint density at radius 3 is 1.84 bits per heavy atom. The number of benzene rings is 6. The van der Waals surface area contributed by atoms with E-state index in [2.05, 4.69) is 163 Å². The van der Waals surface area contributed by atoms with Gasteiger partial charge >= 0.3 is 0 Å². The van der Waals surface area contributed by atoms with E-state index >= 15 is 0 Å². The molecule has 6 aromatic carbocycles. The average Bonchev–Trinajstić information content (AvgIpc) is 3.23. The third kappa shape index (κ3) is 9.16. The largest absolute Gasteiger partial charge is 0.321 e. The molecule has 7 rings (SSSR count). The fraction of sp³-hybridized carbons (Fsp3) is 0.204. The molecule has 1 aliphatic carbocycles. The molecule has 1 atom stereocenters. The maximum absolute atomic E-state index is 6.53. The predicted octanol–water partition coefficient (Wildman–Crippen LogP) is 14.2. The molecule has 282 valence electrons. The average molecular weight is 733 g/mol. The third-order valence-electron chi connectivity index (χ3n) is 11.6. The second kappa shape index (κ2) is 17.8. The third-order valence-corrected chi connectivity index (χ3v) is 11.6. The summed E-state index contributed by atoms with van der Waals surface area (Å²) in [5.41, 5.74) is 26.6. The van der Waals surface area contributed by atoms with E-state index in [0.717, 1.165) is 40.8 Å². The normalized spacial score (nSPS) is 17.3. The van der Waals surface area contributed by atoms with Crippen LogP contribution < -0.4 is 5.73 Å². The second-order valence-electron chi connectivity index (χ2n) is 15.8. The predicted molar refractivity (Wildman–Crippen MR) is 243 cm³/mol. The van der Waals surface area contributed by atoms with Gasteiger partial charge < -0.3 is 5.73 Å². The van der Waals surface area contributed by atoms with E-state index < -0.39 is 0 Å². The zero-order valence-corrected chi connectivity index (χ0v) is 34.2. The Hall–Kier alpha value is -5.83. The number of hydrogen-bond donors (Lipinski definition) is 1. The molecule has 6 aromatic rings. The van der Waals surface area contributed by atoms with Gasteiger partial charge in [0, 0.05) is 11.0 Å². The summed E-state index contributed by atoms with van der Waals surface area (Å²) in [4.78, 5) is 4.37. The lowest BCUT2D eigenvalue weighted by molar-refractivity contribution is 0.607. The highest BCUT2D eigenvalue weighted by Crippen LogP contribution is 2.40. The molecule has 0 fully saturated rings. The fourth-order valence-electron chi connectivity index (χ4n) is 7.86. The minimum Gasteiger partial charge on any atom is -0.321 e. The van der Waals surface area contributed by atoms with Crippen LogP contribution in [0.15, 0.2) is 179 Å². The Balaban J connectivity index is 0.000000685. The number of fused-ring (bicyclic) bond motifs is 2. The Morgan fingerprint density at radius 1 is 0.607 bits per heavy atom. The molecule has 1 unspecified atom stereocenters. The van der Waals surface area contributed by atoms with Crippen LogP contribution >= 0.6 is 0 Å². The van der Waals surface area contributed by atoms with Gasteiger partial charge in [0.2, 0.25) is 0 Å². The van der Waals surface area contributed by atoms with Crippen LogP contribution in [0.1, 0.15) is 92.9 Å². The number of nitrogens with zero attached hydrogens (tertiary/aromatic N) is 1. The van der Waals surface area contributed by atoms with Gasteiger partial charge in [-0.25, -0.2) is 0 Å². The molecule has 0 saturated heterocycles. The molecular weight excluding hydrogens is 677 g/mol. The highest BCUT2D eigenvalue weighted by Gasteiger charge is 2.28. The van der Waals surface area contributed by atoms with Crippen LogP contribution in [0.25, 0.3) is 33.5 Å². The van der Waals surface area contributed by atoms with Crippen LogP contribution in [0.2, 0.25) is 0 Å². The number of hydrogen-bond acceptors (Lipinski definition) is 2. The highest BCUT2D eigenvalue weighted by molar-refractivity contribution is 5.79. The second-order valence-corrected chi connectivity index (χ2v) is 15.8. The van der Waals surface area contributed by atoms with Crippen LogP contribution in [0.5, 0.6) is 0 Å². The number of allylic oxidation sites excluding steroid dienone is 4. The number of aliphatic imine (C=N–C) groups is 1. The monoisotopic (exact) mass is 732 g/mol. The van der Waals surface area contributed by atoms with Crippen LogP contribution in [0.4, 0.5) is 0 Å². The van der Waals surface area contributed by atoms with Gasteiger partial charge in [0.05, 0.1) is 11.7 Å². The summed E-state index contributed by atoms with van der Waals surface area (Å²) in [6.07, 6.45) is 3.86. The summed E-state index contributed by atoms with van der Waals surface area (Å²) in [6, 6.07) is 53.5. The van der Waals surface area contributed by atoms with Crippen molar-refractivity contribution in [2.75, 3.05) is 0 Å². The molecule has 0 aromatic heterocycles. The Bertz CT molecular complexity index is 2410. The Kier molecular flexibility index (Phi) is 12.6. The van der Waals surface area contributed by atoms with Crippen molar-refractivity contribution in [1.29, 1.82) is 0 Å². The summed E-state index contributed by atoms with van der Waals surface area (Å²) in [7, 11) is 0. The Morgan fingerprint density at radius 2 is 1.20 bits per heavy atom. The van der Waals surface area contributed by atoms with Gasteiger partial charge in [-0.15, -0.1) is 0 Å². The summed E-state index contributed by atoms with van der Waals surface area (Å²) in [5.74, 6) is 0. The van der Waals surface area contributed by atoms with Crippen molar-refractivity contribution in [3.05, 3.63) is 213 Å². The van der Waals surface area contributed by atoms with Crippen molar-refractivity contribution in [2.24, 2.45) is 10.7 Å². The summed E-state index contributed by atoms with van der Waals surface area (Å²) in [5, 5.41) is 0. The van der Waals surface area contributed by atoms with Crippen molar-refractivity contribution >= 4 is 18.0 Å². The van der Waals surface area contributed by atoms with E-state index in [0.29, 0.717) is 0 Å². The molecule has 0 heterocycles. The van der Waals surface area contributed by atoms with Gasteiger partial charge in [-0.2, -0.15) is 0 Å². The summed E-state index contributed by atoms with van der Waals surface area (Å²) < 4.78 is 0. The maximum Gasteiger partial charge on any atom is 0.0673 e. The first-order valence-corrected chi connectivity index (χ1v) is 19.7. The first kappa shape index (κ1) is 39.9. The van der Waals surface area contributed by atoms with E-state index in [4.69, 9.17) is 5.73 Å². The Labute approximate surface area is 335 Å². The van der Waals surface area contributed by atoms with Gasteiger partial charge in [-0.05, 0) is 128 Å². The van der Waals surface area contributed by atoms with Gasteiger partial charge in [0.25, 0.3) is 0 Å². The molecular formula is C54H56N2. The molecule has 56 heavy (non-hydrogen) atoms. The van der Waals surface area contributed by atoms with Crippen molar-refractivity contribution in [2.45, 2.75) is 72.8 Å². The fourth-order valence-corrected chi connectivity index (χ4v) is 7.86. The minimum atomic E-state index is -0.270. The van der Waals surface area contributed by atoms with Crippen molar-refractivity contribution < 1.29 is 0 Å². The SMILES string of the molecule is C=N/C(=C\C(N)c1ccccc1)c1cccc(-c2cccc(-c3ccc4c(c3)Cc3ccccc3C(C)(C)/C(C)=C(/C)C/C(C)=C\4C)c2)c1.Cc1ccccc1.